The van der Waals surface area contributed by atoms with E-state index in [-0.39, 0.29) is 24.8 Å². The number of rotatable bonds is 10. The molecule has 1 unspecified atom stereocenters. The third-order valence-corrected chi connectivity index (χ3v) is 30.3. The number of hydrogen-bond acceptors (Lipinski definition) is 6. The molecule has 0 spiro atoms. The number of hydrogen-bond donors (Lipinski definition) is 0. The molecular weight excluding hydrogens is 1640 g/mol. The van der Waals surface area contributed by atoms with Gasteiger partial charge in [0, 0.05) is 101 Å². The van der Waals surface area contributed by atoms with Crippen molar-refractivity contribution in [3.63, 3.8) is 0 Å². The van der Waals surface area contributed by atoms with Gasteiger partial charge in [0.15, 0.2) is 0 Å². The quantitative estimate of drug-likeness (QED) is 0.127. The summed E-state index contributed by atoms with van der Waals surface area (Å²) in [5, 5.41) is 4.76. The Morgan fingerprint density at radius 2 is 0.622 bits per heavy atom. The third kappa shape index (κ3) is 11.6. The molecule has 7 aliphatic rings. The van der Waals surface area contributed by atoms with Crippen LogP contribution in [-0.2, 0) is 0 Å². The van der Waals surface area contributed by atoms with Crippen molar-refractivity contribution in [2.24, 2.45) is 11.3 Å². The molecule has 135 heavy (non-hydrogen) atoms. The highest BCUT2D eigenvalue weighted by atomic mass is 16.5. The van der Waals surface area contributed by atoms with Crippen LogP contribution in [-0.4, -0.2) is 29.3 Å². The zero-order valence-corrected chi connectivity index (χ0v) is 76.9. The second-order valence-corrected chi connectivity index (χ2v) is 39.2. The van der Waals surface area contributed by atoms with Crippen LogP contribution < -0.4 is 72.8 Å². The molecule has 2 aromatic heterocycles. The van der Waals surface area contributed by atoms with Crippen molar-refractivity contribution in [2.75, 3.05) is 19.6 Å². The van der Waals surface area contributed by atoms with Crippen molar-refractivity contribution in [3.8, 4) is 78.9 Å². The molecule has 1 aliphatic carbocycles. The Labute approximate surface area is 788 Å². The Balaban J connectivity index is 0.869. The SMILES string of the molecule is Cc1cc(C)c(N2c3cc4c(cc3B3c5ccccc5Oc5c6c(cc2c53)N(c2c(-c3ccccc3)cccc2-c2ccccc2)C2=CC(C(C)(C)C)CC3=C2B6c2c(cc5c6c2Oc2ccccc2B6c2cc6c7ccccc7n(-c7ccccc7)c6cc2N5c2c(C)cc(C)cc2C)N3c2c(-c3ccccc3)cccc2-c2ccccc2)c2ccccc2n4-c2ccccc2)c(C)c1. The summed E-state index contributed by atoms with van der Waals surface area (Å²) in [6, 6.07) is 142. The van der Waals surface area contributed by atoms with Crippen LogP contribution in [0.3, 0.4) is 0 Å². The van der Waals surface area contributed by atoms with E-state index in [4.69, 9.17) is 9.47 Å². The maximum absolute atomic E-state index is 8.64. The van der Waals surface area contributed by atoms with Gasteiger partial charge in [-0.3, -0.25) is 0 Å². The van der Waals surface area contributed by atoms with Crippen LogP contribution in [0.25, 0.3) is 99.5 Å². The Bertz CT molecular complexity index is 8390. The van der Waals surface area contributed by atoms with Crippen molar-refractivity contribution in [3.05, 3.63) is 432 Å². The molecule has 8 nitrogen and oxygen atoms in total. The highest BCUT2D eigenvalue weighted by Crippen LogP contribution is 2.61. The standard InChI is InChI=1S/C124H93B3N6O2/c1-74-62-76(3)118(77(4)63-74)130-103-70-101-93(91-50-28-32-58-99(91)128(101)85-46-24-14-25-47-85)68-97(103)125-95-56-30-34-60-111(95)134-122-114(125)107(130)72-109-116(122)127-113-105(132(109)120-87(80-38-16-10-17-39-80)52-36-53-88(120)81-40-18-11-19-41-81)66-84(124(7,8)9)67-106(113)133(121-89(82-42-20-12-21-43-82)54-37-55-90(121)83-44-22-13-23-45-83)110-73-108-115-123(117(110)127)135-112-61-35-31-57-96(112)126(115)98-69-94-92-51-29-33-59-100(92)129(86-48-26-15-27-49-86)102(94)71-104(98)131(108)119-78(5)64-75(2)65-79(119)6/h10-66,68-73,84H,67H2,1-9H3. The zero-order valence-electron chi connectivity index (χ0n) is 76.9. The van der Waals surface area contributed by atoms with Crippen molar-refractivity contribution in [1.82, 2.24) is 9.13 Å². The minimum Gasteiger partial charge on any atom is -0.459 e. The maximum atomic E-state index is 8.64. The smallest absolute Gasteiger partial charge is 0.261 e. The Kier molecular flexibility index (Phi) is 17.4. The summed E-state index contributed by atoms with van der Waals surface area (Å²) in [7, 11) is 0. The zero-order chi connectivity index (χ0) is 90.2. The van der Waals surface area contributed by atoms with Gasteiger partial charge in [-0.1, -0.05) is 341 Å². The lowest BCUT2D eigenvalue weighted by atomic mass is 9.27. The fraction of sp³-hybridized carbons (Fsp3) is 0.0968. The Morgan fingerprint density at radius 3 is 1.02 bits per heavy atom. The predicted octanol–water partition coefficient (Wildman–Crippen LogP) is 26.9. The summed E-state index contributed by atoms with van der Waals surface area (Å²) in [5.41, 5.74) is 45.9. The van der Waals surface area contributed by atoms with Crippen LogP contribution in [0.15, 0.2) is 399 Å². The number of para-hydroxylation sites is 8. The van der Waals surface area contributed by atoms with E-state index in [1.54, 1.807) is 0 Å². The van der Waals surface area contributed by atoms with Gasteiger partial charge in [0.2, 0.25) is 0 Å². The van der Waals surface area contributed by atoms with Gasteiger partial charge in [-0.15, -0.1) is 0 Å². The van der Waals surface area contributed by atoms with Crippen LogP contribution in [0.5, 0.6) is 23.0 Å². The molecule has 0 fully saturated rings. The third-order valence-electron chi connectivity index (χ3n) is 30.3. The van der Waals surface area contributed by atoms with E-state index in [0.29, 0.717) is 6.42 Å². The normalized spacial score (nSPS) is 14.6. The molecule has 640 valence electrons. The summed E-state index contributed by atoms with van der Waals surface area (Å²) in [6.45, 7) is 19.9. The van der Waals surface area contributed by atoms with Gasteiger partial charge in [-0.05, 0) is 226 Å². The minimum absolute atomic E-state index is 0.0693. The molecule has 0 radical (unpaired) electrons. The summed E-state index contributed by atoms with van der Waals surface area (Å²) in [5.74, 6) is 3.27. The average Bonchev–Trinajstić information content (AvgIpc) is 1.10. The molecule has 18 aromatic carbocycles. The number of aromatic nitrogens is 2. The average molecular weight is 1730 g/mol. The van der Waals surface area contributed by atoms with E-state index in [1.807, 2.05) is 0 Å². The molecular formula is C124H93B3N6O2. The lowest BCUT2D eigenvalue weighted by Gasteiger charge is -2.53. The summed E-state index contributed by atoms with van der Waals surface area (Å²) < 4.78 is 22.3. The fourth-order valence-electron chi connectivity index (χ4n) is 24.9. The maximum Gasteiger partial charge on any atom is 0.261 e. The number of nitrogens with zero attached hydrogens (tertiary/aromatic N) is 6. The van der Waals surface area contributed by atoms with Gasteiger partial charge in [0.25, 0.3) is 20.1 Å². The lowest BCUT2D eigenvalue weighted by molar-refractivity contribution is 0.286. The number of allylic oxidation sites excluding steroid dienone is 3. The van der Waals surface area contributed by atoms with Crippen molar-refractivity contribution < 1.29 is 9.47 Å². The van der Waals surface area contributed by atoms with Gasteiger partial charge in [-0.2, -0.15) is 0 Å². The Morgan fingerprint density at radius 1 is 0.281 bits per heavy atom. The van der Waals surface area contributed by atoms with E-state index >= 15 is 0 Å². The van der Waals surface area contributed by atoms with E-state index in [1.165, 1.54) is 77.0 Å². The molecule has 6 aliphatic heterocycles. The van der Waals surface area contributed by atoms with E-state index in [2.05, 4.69) is 473 Å². The van der Waals surface area contributed by atoms with Gasteiger partial charge < -0.3 is 38.2 Å². The molecule has 0 N–H and O–H groups in total. The topological polar surface area (TPSA) is 41.3 Å². The largest absolute Gasteiger partial charge is 0.459 e. The summed E-state index contributed by atoms with van der Waals surface area (Å²) >= 11 is 0. The monoisotopic (exact) mass is 1730 g/mol. The van der Waals surface area contributed by atoms with E-state index < -0.39 is 6.71 Å². The molecule has 27 rings (SSSR count). The van der Waals surface area contributed by atoms with Crippen LogP contribution in [0.1, 0.15) is 60.6 Å². The van der Waals surface area contributed by atoms with Gasteiger partial charge in [0.05, 0.1) is 44.8 Å². The van der Waals surface area contributed by atoms with Gasteiger partial charge in [0.1, 0.15) is 23.0 Å². The molecule has 0 saturated heterocycles. The number of fused-ring (bicyclic) bond motifs is 20. The molecule has 1 atom stereocenters. The van der Waals surface area contributed by atoms with Gasteiger partial charge in [-0.25, -0.2) is 0 Å². The summed E-state index contributed by atoms with van der Waals surface area (Å²) in [4.78, 5) is 11.0. The Hall–Kier alpha value is -16.0. The highest BCUT2D eigenvalue weighted by Gasteiger charge is 2.58. The molecule has 0 amide bonds. The van der Waals surface area contributed by atoms with Crippen LogP contribution in [0.2, 0.25) is 0 Å². The highest BCUT2D eigenvalue weighted by molar-refractivity contribution is 7.03. The fourth-order valence-corrected chi connectivity index (χ4v) is 24.9. The predicted molar refractivity (Wildman–Crippen MR) is 568 cm³/mol. The second-order valence-electron chi connectivity index (χ2n) is 39.2. The van der Waals surface area contributed by atoms with Crippen molar-refractivity contribution >= 4 is 164 Å². The first-order valence-electron chi connectivity index (χ1n) is 47.6. The lowest BCUT2D eigenvalue weighted by Crippen LogP contribution is -2.65. The van der Waals surface area contributed by atoms with E-state index in [9.17, 15) is 0 Å². The molecule has 8 heterocycles. The number of benzene rings is 18. The van der Waals surface area contributed by atoms with E-state index in [0.717, 1.165) is 196 Å². The van der Waals surface area contributed by atoms with Crippen LogP contribution >= 0.6 is 0 Å². The second kappa shape index (κ2) is 29.8. The molecule has 20 aromatic rings. The van der Waals surface area contributed by atoms with Crippen LogP contribution in [0, 0.1) is 52.9 Å². The minimum atomic E-state index is -0.608. The first-order valence-corrected chi connectivity index (χ1v) is 47.6. The van der Waals surface area contributed by atoms with Crippen molar-refractivity contribution in [1.29, 1.82) is 0 Å². The summed E-state index contributed by atoms with van der Waals surface area (Å²) in [6.07, 6.45) is 3.40. The number of ether oxygens (including phenoxy) is 2. The molecule has 0 saturated carbocycles. The number of anilines is 10. The first kappa shape index (κ1) is 78.8. The van der Waals surface area contributed by atoms with Crippen molar-refractivity contribution in [2.45, 2.75) is 68.7 Å². The van der Waals surface area contributed by atoms with Gasteiger partial charge >= 0.3 is 0 Å². The number of aryl methyl sites for hydroxylation is 6. The molecule has 11 heteroatoms. The van der Waals surface area contributed by atoms with Crippen LogP contribution in [0.4, 0.5) is 56.9 Å². The first-order chi connectivity index (χ1) is 66.1. The molecule has 0 bridgehead atoms.